The van der Waals surface area contributed by atoms with Crippen molar-refractivity contribution < 1.29 is 51.9 Å². The summed E-state index contributed by atoms with van der Waals surface area (Å²) in [6.45, 7) is 4.71. The number of esters is 2. The van der Waals surface area contributed by atoms with E-state index >= 15 is 0 Å². The summed E-state index contributed by atoms with van der Waals surface area (Å²) >= 11 is 2.43. The van der Waals surface area contributed by atoms with Crippen LogP contribution in [0.5, 0.6) is 11.5 Å². The maximum absolute atomic E-state index is 14.0. The third-order valence-electron chi connectivity index (χ3n) is 13.0. The fourth-order valence-electron chi connectivity index (χ4n) is 8.82. The van der Waals surface area contributed by atoms with Crippen LogP contribution in [-0.4, -0.2) is 78.9 Å². The molecule has 2 unspecified atom stereocenters. The number of unbranched alkanes of at least 4 members (excludes halogenated alkanes) is 5. The molecule has 18 heteroatoms. The summed E-state index contributed by atoms with van der Waals surface area (Å²) in [4.78, 5) is 72.5. The van der Waals surface area contributed by atoms with Crippen LogP contribution in [0, 0.1) is 0 Å². The van der Waals surface area contributed by atoms with Gasteiger partial charge in [0.1, 0.15) is 30.3 Å². The number of aromatic nitrogens is 1. The topological polar surface area (TPSA) is 189 Å². The quantitative estimate of drug-likeness (QED) is 0.0192. The van der Waals surface area contributed by atoms with Crippen LogP contribution in [0.3, 0.4) is 0 Å². The maximum Gasteiger partial charge on any atom is 0.413 e. The van der Waals surface area contributed by atoms with Gasteiger partial charge in [-0.25, -0.2) is 14.6 Å². The van der Waals surface area contributed by atoms with E-state index in [0.717, 1.165) is 63.7 Å². The highest BCUT2D eigenvalue weighted by Gasteiger charge is 2.53. The van der Waals surface area contributed by atoms with Crippen molar-refractivity contribution in [3.63, 3.8) is 0 Å². The van der Waals surface area contributed by atoms with Crippen molar-refractivity contribution in [3.8, 4) is 11.5 Å². The lowest BCUT2D eigenvalue weighted by Gasteiger charge is -2.48. The Morgan fingerprint density at radius 2 is 1.41 bits per heavy atom. The molecular weight excluding hydrogens is 1060 g/mol. The first-order chi connectivity index (χ1) is 38.5. The largest absolute Gasteiger partial charge is 0.461 e. The van der Waals surface area contributed by atoms with Crippen molar-refractivity contribution in [2.24, 2.45) is 0 Å². The predicted molar refractivity (Wildman–Crippen MR) is 307 cm³/mol. The van der Waals surface area contributed by atoms with Crippen molar-refractivity contribution in [1.82, 2.24) is 15.2 Å². The molecule has 4 atom stereocenters. The first-order valence-electron chi connectivity index (χ1n) is 26.4. The van der Waals surface area contributed by atoms with Crippen molar-refractivity contribution in [3.05, 3.63) is 196 Å². The number of nitrogens with one attached hydrogen (secondary N) is 2. The van der Waals surface area contributed by atoms with Gasteiger partial charge >= 0.3 is 18.0 Å². The molecular formula is C61H64N4O11S3. The number of β-lactam (4-membered cyclic amide) rings is 1. The summed E-state index contributed by atoms with van der Waals surface area (Å²) in [6.07, 6.45) is 9.61. The van der Waals surface area contributed by atoms with Gasteiger partial charge in [-0.15, -0.1) is 23.1 Å². The molecule has 3 amide bonds. The first-order valence-corrected chi connectivity index (χ1v) is 29.7. The second-order valence-electron chi connectivity index (χ2n) is 18.8. The van der Waals surface area contributed by atoms with Gasteiger partial charge in [-0.05, 0) is 58.9 Å². The van der Waals surface area contributed by atoms with Gasteiger partial charge in [0.15, 0.2) is 22.7 Å². The highest BCUT2D eigenvalue weighted by atomic mass is 32.2. The lowest BCUT2D eigenvalue weighted by molar-refractivity contribution is -0.154. The maximum atomic E-state index is 14.0. The third kappa shape index (κ3) is 16.5. The Balaban J connectivity index is 0.000000312. The van der Waals surface area contributed by atoms with Crippen LogP contribution in [0.2, 0.25) is 0 Å². The van der Waals surface area contributed by atoms with E-state index in [1.807, 2.05) is 140 Å². The Labute approximate surface area is 471 Å². The SMILES string of the molecule is CCCCCCCCS(=O)C(C)Cc1ccc2c(c1)OCO2.O=C(C/C=C(/C(=O)N[C@@H]1C(=O)N2C(C(=O)OC(c3ccccc3)c3ccccc3)=CCS[C@H]12)c1csc(NC(=O)OCc2ccccc2)n1)OCc1ccccc1. The summed E-state index contributed by atoms with van der Waals surface area (Å²) in [7, 11) is -0.743. The molecule has 1 fully saturated rings. The van der Waals surface area contributed by atoms with Crippen LogP contribution in [0.25, 0.3) is 5.57 Å². The van der Waals surface area contributed by atoms with Gasteiger partial charge in [0.05, 0.1) is 17.7 Å². The molecule has 15 nitrogen and oxygen atoms in total. The number of thioether (sulfide) groups is 1. The number of rotatable bonds is 24. The molecule has 0 radical (unpaired) electrons. The molecule has 0 aliphatic carbocycles. The van der Waals surface area contributed by atoms with Crippen LogP contribution < -0.4 is 20.1 Å². The molecule has 1 saturated heterocycles. The molecule has 412 valence electrons. The van der Waals surface area contributed by atoms with Crippen molar-refractivity contribution in [1.29, 1.82) is 0 Å². The second kappa shape index (κ2) is 29.4. The Kier molecular flexibility index (Phi) is 21.5. The summed E-state index contributed by atoms with van der Waals surface area (Å²) in [6, 6.07) is 42.0. The number of hydrogen-bond donors (Lipinski definition) is 2. The number of amides is 3. The number of anilines is 1. The number of benzene rings is 5. The van der Waals surface area contributed by atoms with Crippen molar-refractivity contribution in [2.45, 2.75) is 101 Å². The van der Waals surface area contributed by atoms with Crippen LogP contribution >= 0.6 is 23.1 Å². The van der Waals surface area contributed by atoms with E-state index < -0.39 is 58.2 Å². The monoisotopic (exact) mass is 1120 g/mol. The number of carbonyl (C=O) groups excluding carboxylic acids is 5. The van der Waals surface area contributed by atoms with E-state index in [1.54, 1.807) is 11.5 Å². The van der Waals surface area contributed by atoms with E-state index in [2.05, 4.69) is 29.5 Å². The lowest BCUT2D eigenvalue weighted by atomic mass is 10.0. The summed E-state index contributed by atoms with van der Waals surface area (Å²) < 4.78 is 39.8. The predicted octanol–water partition coefficient (Wildman–Crippen LogP) is 11.5. The average Bonchev–Trinajstić information content (AvgIpc) is 4.17. The molecule has 2 N–H and O–H groups in total. The average molecular weight is 1130 g/mol. The van der Waals surface area contributed by atoms with Gasteiger partial charge in [-0.2, -0.15) is 0 Å². The molecule has 9 rings (SSSR count). The highest BCUT2D eigenvalue weighted by molar-refractivity contribution is 8.00. The van der Waals surface area contributed by atoms with E-state index in [0.29, 0.717) is 12.5 Å². The molecule has 3 aliphatic rings. The van der Waals surface area contributed by atoms with Crippen molar-refractivity contribution >= 4 is 74.4 Å². The molecule has 0 spiro atoms. The molecule has 79 heavy (non-hydrogen) atoms. The Hall–Kier alpha value is -7.54. The minimum atomic E-state index is -0.990. The van der Waals surface area contributed by atoms with Crippen LogP contribution in [0.4, 0.5) is 9.93 Å². The van der Waals surface area contributed by atoms with Crippen LogP contribution in [-0.2, 0) is 63.8 Å². The van der Waals surface area contributed by atoms with Gasteiger partial charge in [-0.3, -0.25) is 28.8 Å². The van der Waals surface area contributed by atoms with Gasteiger partial charge in [0.25, 0.3) is 11.8 Å². The number of ether oxygens (including phenoxy) is 5. The molecule has 0 saturated carbocycles. The fraction of sp³-hybridized carbons (Fsp3) is 0.311. The third-order valence-corrected chi connectivity index (χ3v) is 16.7. The number of nitrogens with zero attached hydrogens (tertiary/aromatic N) is 2. The Morgan fingerprint density at radius 3 is 2.08 bits per heavy atom. The van der Waals surface area contributed by atoms with E-state index in [9.17, 15) is 28.2 Å². The second-order valence-corrected chi connectivity index (χ2v) is 22.8. The van der Waals surface area contributed by atoms with E-state index in [1.165, 1.54) is 60.4 Å². The van der Waals surface area contributed by atoms with Gasteiger partial charge in [-0.1, -0.05) is 179 Å². The number of hydrogen-bond acceptors (Lipinski definition) is 14. The van der Waals surface area contributed by atoms with Gasteiger partial charge < -0.3 is 29.0 Å². The van der Waals surface area contributed by atoms with Gasteiger partial charge in [0, 0.05) is 32.9 Å². The Morgan fingerprint density at radius 1 is 0.785 bits per heavy atom. The Bertz CT molecular complexity index is 3050. The molecule has 3 aliphatic heterocycles. The zero-order valence-electron chi connectivity index (χ0n) is 44.1. The fourth-order valence-corrected chi connectivity index (χ4v) is 12.0. The number of thiazole rings is 1. The van der Waals surface area contributed by atoms with Gasteiger partial charge in [0.2, 0.25) is 6.79 Å². The smallest absolute Gasteiger partial charge is 0.413 e. The lowest BCUT2D eigenvalue weighted by Crippen LogP contribution is -2.70. The zero-order chi connectivity index (χ0) is 55.3. The minimum absolute atomic E-state index is 0.00980. The minimum Gasteiger partial charge on any atom is -0.461 e. The normalized spacial score (nSPS) is 16.0. The van der Waals surface area contributed by atoms with Crippen molar-refractivity contribution in [2.75, 3.05) is 23.6 Å². The molecule has 0 bridgehead atoms. The summed E-state index contributed by atoms with van der Waals surface area (Å²) in [5, 5.41) is 6.65. The van der Waals surface area contributed by atoms with E-state index in [4.69, 9.17) is 23.7 Å². The molecule has 4 heterocycles. The number of carbonyl (C=O) groups is 5. The van der Waals surface area contributed by atoms with Crippen LogP contribution in [0.1, 0.15) is 98.4 Å². The number of fused-ring (bicyclic) bond motifs is 2. The van der Waals surface area contributed by atoms with E-state index in [-0.39, 0.29) is 47.0 Å². The highest BCUT2D eigenvalue weighted by Crippen LogP contribution is 2.40. The summed E-state index contributed by atoms with van der Waals surface area (Å²) in [5.41, 5.74) is 4.56. The zero-order valence-corrected chi connectivity index (χ0v) is 46.6. The first kappa shape index (κ1) is 57.6. The molecule has 1 aromatic heterocycles. The van der Waals surface area contributed by atoms with Crippen LogP contribution in [0.15, 0.2) is 163 Å². The molecule has 5 aromatic carbocycles. The standard InChI is InChI=1S/C43H36N4O8S2.C18H28O3S/c48-35(53-25-28-13-5-1-6-14-28)22-21-32(33-27-57-42(44-33)46-43(52)54-26-29-15-7-2-8-16-29)38(49)45-36-39(50)47-34(23-24-56-40(36)47)41(51)55-37(30-17-9-3-10-18-30)31-19-11-4-12-20-31;1-3-4-5-6-7-8-11-22(19)15(2)12-16-9-10-17-18(13-16)21-14-20-17/h1-21,23,27,36-37,40H,22,24-26H2,(H,45,49)(H,44,46,52);9-10,13,15H,3-8,11-12,14H2,1-2H3/b32-21+;/t36-,40-;/m1./s1. The summed E-state index contributed by atoms with van der Waals surface area (Å²) in [5.74, 6) is 0.408. The molecule has 6 aromatic rings.